The largest absolute Gasteiger partial charge is 0.491 e. The first-order valence-corrected chi connectivity index (χ1v) is 12.2. The van der Waals surface area contributed by atoms with Gasteiger partial charge in [0.2, 0.25) is 0 Å². The molecule has 4 nitrogen and oxygen atoms in total. The predicted molar refractivity (Wildman–Crippen MR) is 140 cm³/mol. The van der Waals surface area contributed by atoms with Crippen LogP contribution in [-0.4, -0.2) is 29.1 Å². The van der Waals surface area contributed by atoms with Crippen molar-refractivity contribution in [3.8, 4) is 11.5 Å². The van der Waals surface area contributed by atoms with Crippen molar-refractivity contribution in [3.63, 3.8) is 0 Å². The molecule has 184 valence electrons. The Morgan fingerprint density at radius 2 is 1.64 bits per heavy atom. The summed E-state index contributed by atoms with van der Waals surface area (Å²) in [6.07, 6.45) is 0.595. The van der Waals surface area contributed by atoms with Crippen LogP contribution in [0, 0.1) is 5.82 Å². The van der Waals surface area contributed by atoms with Crippen molar-refractivity contribution in [1.29, 1.82) is 0 Å². The summed E-state index contributed by atoms with van der Waals surface area (Å²) >= 11 is 0. The van der Waals surface area contributed by atoms with Crippen LogP contribution in [0.4, 0.5) is 4.39 Å². The molecule has 1 aliphatic heterocycles. The van der Waals surface area contributed by atoms with Crippen LogP contribution in [-0.2, 0) is 13.0 Å². The van der Waals surface area contributed by atoms with Crippen molar-refractivity contribution < 1.29 is 18.7 Å². The molecule has 0 aromatic heterocycles. The van der Waals surface area contributed by atoms with Crippen LogP contribution in [0.15, 0.2) is 84.9 Å². The van der Waals surface area contributed by atoms with E-state index < -0.39 is 0 Å². The summed E-state index contributed by atoms with van der Waals surface area (Å²) < 4.78 is 26.1. The van der Waals surface area contributed by atoms with Crippen molar-refractivity contribution in [2.45, 2.75) is 45.4 Å². The molecule has 1 amide bonds. The van der Waals surface area contributed by atoms with Gasteiger partial charge < -0.3 is 14.4 Å². The summed E-state index contributed by atoms with van der Waals surface area (Å²) in [5, 5.41) is 1.92. The number of rotatable bonds is 5. The van der Waals surface area contributed by atoms with Crippen molar-refractivity contribution in [2.75, 3.05) is 6.61 Å². The maximum absolute atomic E-state index is 14.0. The molecule has 4 aromatic rings. The van der Waals surface area contributed by atoms with Crippen molar-refractivity contribution in [3.05, 3.63) is 107 Å². The lowest BCUT2D eigenvalue weighted by Crippen LogP contribution is -2.47. The van der Waals surface area contributed by atoms with Crippen LogP contribution < -0.4 is 9.47 Å². The van der Waals surface area contributed by atoms with Gasteiger partial charge >= 0.3 is 0 Å². The zero-order chi connectivity index (χ0) is 25.3. The van der Waals surface area contributed by atoms with E-state index in [1.54, 1.807) is 0 Å². The highest BCUT2D eigenvalue weighted by Crippen LogP contribution is 2.29. The lowest BCUT2D eigenvalue weighted by molar-refractivity contribution is 0.0567. The zero-order valence-corrected chi connectivity index (χ0v) is 20.8. The summed E-state index contributed by atoms with van der Waals surface area (Å²) in [7, 11) is 0. The molecule has 1 aliphatic rings. The number of hydrogen-bond donors (Lipinski definition) is 0. The van der Waals surface area contributed by atoms with E-state index in [9.17, 15) is 9.18 Å². The van der Waals surface area contributed by atoms with Gasteiger partial charge in [0.05, 0.1) is 6.04 Å². The number of nitrogens with zero attached hydrogens (tertiary/aromatic N) is 1. The van der Waals surface area contributed by atoms with Gasteiger partial charge in [-0.3, -0.25) is 4.79 Å². The van der Waals surface area contributed by atoms with E-state index in [0.29, 0.717) is 30.9 Å². The van der Waals surface area contributed by atoms with Gasteiger partial charge in [-0.25, -0.2) is 4.39 Å². The maximum Gasteiger partial charge on any atom is 0.255 e. The number of amides is 1. The van der Waals surface area contributed by atoms with Gasteiger partial charge in [0.25, 0.3) is 5.91 Å². The number of carbonyl (C=O) groups excluding carboxylic acids is 1. The molecule has 5 rings (SSSR count). The summed E-state index contributed by atoms with van der Waals surface area (Å²) in [6.45, 7) is 6.68. The fourth-order valence-corrected chi connectivity index (χ4v) is 4.72. The molecule has 0 spiro atoms. The molecule has 0 unspecified atom stereocenters. The summed E-state index contributed by atoms with van der Waals surface area (Å²) in [5.74, 6) is 1.11. The van der Waals surface area contributed by atoms with Gasteiger partial charge in [0.1, 0.15) is 29.5 Å². The Kier molecular flexibility index (Phi) is 6.40. The van der Waals surface area contributed by atoms with Crippen molar-refractivity contribution >= 4 is 16.7 Å². The number of fused-ring (bicyclic) bond motifs is 2. The third-order valence-electron chi connectivity index (χ3n) is 6.38. The van der Waals surface area contributed by atoms with E-state index in [2.05, 4.69) is 0 Å². The van der Waals surface area contributed by atoms with Crippen LogP contribution in [0.5, 0.6) is 11.5 Å². The molecule has 36 heavy (non-hydrogen) atoms. The number of ether oxygens (including phenoxy) is 2. The lowest BCUT2D eigenvalue weighted by Gasteiger charge is -2.37. The van der Waals surface area contributed by atoms with Crippen LogP contribution in [0.25, 0.3) is 10.8 Å². The molecular weight excluding hydrogens is 453 g/mol. The van der Waals surface area contributed by atoms with Crippen molar-refractivity contribution in [1.82, 2.24) is 4.90 Å². The Labute approximate surface area is 211 Å². The number of halogens is 1. The molecule has 5 heteroatoms. The number of hydrogen-bond acceptors (Lipinski definition) is 3. The Morgan fingerprint density at radius 1 is 0.917 bits per heavy atom. The van der Waals surface area contributed by atoms with Crippen LogP contribution in [0.2, 0.25) is 0 Å². The second-order valence-corrected chi connectivity index (χ2v) is 10.2. The second kappa shape index (κ2) is 9.65. The molecule has 0 aliphatic carbocycles. The Bertz CT molecular complexity index is 1390. The SMILES string of the molecule is CC(C)(C)Oc1ccc(OC[C@@H]2Cc3ccc(F)cc3CN2C(=O)c2cccc3ccccc23)cc1. The van der Waals surface area contributed by atoms with E-state index in [-0.39, 0.29) is 23.4 Å². The highest BCUT2D eigenvalue weighted by Gasteiger charge is 2.32. The van der Waals surface area contributed by atoms with Crippen LogP contribution in [0.1, 0.15) is 42.3 Å². The lowest BCUT2D eigenvalue weighted by atomic mass is 9.93. The van der Waals surface area contributed by atoms with E-state index >= 15 is 0 Å². The fourth-order valence-electron chi connectivity index (χ4n) is 4.72. The molecule has 1 atom stereocenters. The molecule has 0 radical (unpaired) electrons. The molecule has 0 N–H and O–H groups in total. The zero-order valence-electron chi connectivity index (χ0n) is 20.8. The minimum Gasteiger partial charge on any atom is -0.491 e. The summed E-state index contributed by atoms with van der Waals surface area (Å²) in [4.78, 5) is 15.7. The highest BCUT2D eigenvalue weighted by atomic mass is 19.1. The van der Waals surface area contributed by atoms with Gasteiger partial charge in [0.15, 0.2) is 0 Å². The minimum absolute atomic E-state index is 0.0794. The van der Waals surface area contributed by atoms with Gasteiger partial charge in [-0.15, -0.1) is 0 Å². The van der Waals surface area contributed by atoms with Crippen LogP contribution in [0.3, 0.4) is 0 Å². The quantitative estimate of drug-likeness (QED) is 0.313. The monoisotopic (exact) mass is 483 g/mol. The Balaban J connectivity index is 1.41. The minimum atomic E-state index is -0.293. The topological polar surface area (TPSA) is 38.8 Å². The average molecular weight is 484 g/mol. The van der Waals surface area contributed by atoms with E-state index in [1.807, 2.05) is 98.5 Å². The van der Waals surface area contributed by atoms with Gasteiger partial charge in [-0.05, 0) is 91.6 Å². The number of carbonyl (C=O) groups is 1. The smallest absolute Gasteiger partial charge is 0.255 e. The van der Waals surface area contributed by atoms with Gasteiger partial charge in [0, 0.05) is 12.1 Å². The maximum atomic E-state index is 14.0. The van der Waals surface area contributed by atoms with Crippen molar-refractivity contribution in [2.24, 2.45) is 0 Å². The van der Waals surface area contributed by atoms with Gasteiger partial charge in [-0.2, -0.15) is 0 Å². The van der Waals surface area contributed by atoms with E-state index in [1.165, 1.54) is 12.1 Å². The molecule has 1 heterocycles. The first-order chi connectivity index (χ1) is 17.3. The molecule has 0 bridgehead atoms. The van der Waals surface area contributed by atoms with Crippen LogP contribution >= 0.6 is 0 Å². The predicted octanol–water partition coefficient (Wildman–Crippen LogP) is 6.80. The Morgan fingerprint density at radius 3 is 2.42 bits per heavy atom. The van der Waals surface area contributed by atoms with E-state index in [0.717, 1.165) is 27.6 Å². The molecule has 0 saturated carbocycles. The molecule has 0 saturated heterocycles. The third kappa shape index (κ3) is 5.20. The number of benzene rings is 4. The van der Waals surface area contributed by atoms with E-state index in [4.69, 9.17) is 9.47 Å². The average Bonchev–Trinajstić information content (AvgIpc) is 2.86. The fraction of sp³-hybridized carbons (Fsp3) is 0.258. The standard InChI is InChI=1S/C31H30FNO3/c1-31(2,3)36-27-15-13-26(14-16-27)35-20-25-18-22-11-12-24(32)17-23(22)19-33(25)30(34)29-10-6-8-21-7-4-5-9-28(21)29/h4-17,25H,18-20H2,1-3H3/t25-/m0/s1. The van der Waals surface area contributed by atoms with Gasteiger partial charge in [-0.1, -0.05) is 42.5 Å². The molecule has 4 aromatic carbocycles. The molecule has 0 fully saturated rings. The summed E-state index contributed by atoms with van der Waals surface area (Å²) in [5.41, 5.74) is 2.24. The first-order valence-electron chi connectivity index (χ1n) is 12.2. The molecular formula is C31H30FNO3. The Hall–Kier alpha value is -3.86. The normalized spacial score (nSPS) is 15.4. The summed E-state index contributed by atoms with van der Waals surface area (Å²) in [6, 6.07) is 25.8. The highest BCUT2D eigenvalue weighted by molar-refractivity contribution is 6.07. The first kappa shape index (κ1) is 23.9. The second-order valence-electron chi connectivity index (χ2n) is 10.2. The third-order valence-corrected chi connectivity index (χ3v) is 6.38.